The molecular weight excluding hydrogens is 208 g/mol. The van der Waals surface area contributed by atoms with Crippen LogP contribution in [0.15, 0.2) is 0 Å². The molecule has 0 aromatic heterocycles. The van der Waals surface area contributed by atoms with Gasteiger partial charge in [0.1, 0.15) is 0 Å². The van der Waals surface area contributed by atoms with Gasteiger partial charge in [0.2, 0.25) is 0 Å². The van der Waals surface area contributed by atoms with E-state index in [2.05, 4.69) is 0 Å². The zero-order valence-electron chi connectivity index (χ0n) is 9.85. The zero-order valence-corrected chi connectivity index (χ0v) is 9.85. The van der Waals surface area contributed by atoms with Crippen molar-refractivity contribution in [2.75, 3.05) is 0 Å². The van der Waals surface area contributed by atoms with Gasteiger partial charge in [-0.3, -0.25) is 9.59 Å². The molecule has 0 aromatic rings. The Morgan fingerprint density at radius 3 is 1.50 bits per heavy atom. The number of rotatable bonds is 4. The molecule has 1 aliphatic rings. The molecule has 92 valence electrons. The summed E-state index contributed by atoms with van der Waals surface area (Å²) in [5.74, 6) is -2.47. The number of carboxylic acid groups (broad SMARTS) is 2. The summed E-state index contributed by atoms with van der Waals surface area (Å²) in [5.41, 5.74) is 0. The Bertz CT molecular complexity index is 246. The molecule has 1 fully saturated rings. The van der Waals surface area contributed by atoms with Crippen molar-refractivity contribution in [3.05, 3.63) is 0 Å². The molecule has 0 amide bonds. The van der Waals surface area contributed by atoms with Crippen LogP contribution in [0.4, 0.5) is 0 Å². The van der Waals surface area contributed by atoms with Gasteiger partial charge in [-0.15, -0.1) is 0 Å². The number of carboxylic acids is 2. The van der Waals surface area contributed by atoms with Crippen LogP contribution in [0.25, 0.3) is 0 Å². The van der Waals surface area contributed by atoms with Crippen LogP contribution >= 0.6 is 0 Å². The summed E-state index contributed by atoms with van der Waals surface area (Å²) < 4.78 is 0. The standard InChI is InChI=1S/C12H20O4/c1-7(11(13)14)9-5-3-4-6-10(9)8(2)12(15)16/h7-10H,3-6H2,1-2H3,(H,13,14)(H,15,16). The topological polar surface area (TPSA) is 74.6 Å². The first-order valence-electron chi connectivity index (χ1n) is 5.90. The van der Waals surface area contributed by atoms with Crippen molar-refractivity contribution in [3.8, 4) is 0 Å². The fourth-order valence-electron chi connectivity index (χ4n) is 2.80. The fraction of sp³-hybridized carbons (Fsp3) is 0.833. The van der Waals surface area contributed by atoms with Crippen LogP contribution < -0.4 is 0 Å². The van der Waals surface area contributed by atoms with Gasteiger partial charge in [-0.05, 0) is 24.7 Å². The molecule has 2 N–H and O–H groups in total. The van der Waals surface area contributed by atoms with Crippen LogP contribution in [0, 0.1) is 23.7 Å². The molecule has 0 saturated heterocycles. The maximum Gasteiger partial charge on any atom is 0.306 e. The lowest BCUT2D eigenvalue weighted by atomic mass is 9.68. The van der Waals surface area contributed by atoms with E-state index in [-0.39, 0.29) is 11.8 Å². The zero-order chi connectivity index (χ0) is 12.3. The summed E-state index contributed by atoms with van der Waals surface area (Å²) in [4.78, 5) is 22.0. The lowest BCUT2D eigenvalue weighted by Gasteiger charge is -2.36. The van der Waals surface area contributed by atoms with Crippen molar-refractivity contribution in [1.29, 1.82) is 0 Å². The summed E-state index contributed by atoms with van der Waals surface area (Å²) in [6, 6.07) is 0. The molecule has 0 spiro atoms. The lowest BCUT2D eigenvalue weighted by Crippen LogP contribution is -2.36. The van der Waals surface area contributed by atoms with Gasteiger partial charge >= 0.3 is 11.9 Å². The number of carbonyl (C=O) groups is 2. The minimum absolute atomic E-state index is 0.0114. The van der Waals surface area contributed by atoms with Crippen molar-refractivity contribution >= 4 is 11.9 Å². The maximum absolute atomic E-state index is 11.0. The molecule has 4 nitrogen and oxygen atoms in total. The van der Waals surface area contributed by atoms with E-state index in [9.17, 15) is 9.59 Å². The number of aliphatic carboxylic acids is 2. The molecule has 1 saturated carbocycles. The first-order valence-corrected chi connectivity index (χ1v) is 5.90. The average molecular weight is 228 g/mol. The molecule has 0 aliphatic heterocycles. The van der Waals surface area contributed by atoms with Crippen LogP contribution in [0.5, 0.6) is 0 Å². The Morgan fingerprint density at radius 1 is 0.938 bits per heavy atom. The van der Waals surface area contributed by atoms with Crippen LogP contribution in [0.1, 0.15) is 39.5 Å². The van der Waals surface area contributed by atoms with E-state index in [4.69, 9.17) is 10.2 Å². The highest BCUT2D eigenvalue weighted by Crippen LogP contribution is 2.39. The highest BCUT2D eigenvalue weighted by atomic mass is 16.4. The third-order valence-corrected chi connectivity index (χ3v) is 3.94. The Labute approximate surface area is 95.7 Å². The molecule has 4 atom stereocenters. The molecular formula is C12H20O4. The van der Waals surface area contributed by atoms with Gasteiger partial charge in [0.05, 0.1) is 11.8 Å². The molecule has 1 rings (SSSR count). The first kappa shape index (κ1) is 13.0. The van der Waals surface area contributed by atoms with Crippen molar-refractivity contribution in [2.24, 2.45) is 23.7 Å². The summed E-state index contributed by atoms with van der Waals surface area (Å²) in [6.45, 7) is 3.39. The average Bonchev–Trinajstić information content (AvgIpc) is 2.26. The maximum atomic E-state index is 11.0. The van der Waals surface area contributed by atoms with Crippen LogP contribution in [0.2, 0.25) is 0 Å². The smallest absolute Gasteiger partial charge is 0.306 e. The van der Waals surface area contributed by atoms with E-state index in [0.29, 0.717) is 0 Å². The second-order valence-electron chi connectivity index (χ2n) is 4.87. The highest BCUT2D eigenvalue weighted by molar-refractivity contribution is 5.71. The van der Waals surface area contributed by atoms with E-state index in [0.717, 1.165) is 25.7 Å². The summed E-state index contributed by atoms with van der Waals surface area (Å²) >= 11 is 0. The van der Waals surface area contributed by atoms with Gasteiger partial charge in [-0.25, -0.2) is 0 Å². The van der Waals surface area contributed by atoms with E-state index in [1.165, 1.54) is 0 Å². The van der Waals surface area contributed by atoms with E-state index in [1.54, 1.807) is 13.8 Å². The minimum atomic E-state index is -0.811. The minimum Gasteiger partial charge on any atom is -0.481 e. The monoisotopic (exact) mass is 228 g/mol. The van der Waals surface area contributed by atoms with Crippen molar-refractivity contribution in [3.63, 3.8) is 0 Å². The number of hydrogen-bond donors (Lipinski definition) is 2. The summed E-state index contributed by atoms with van der Waals surface area (Å²) in [5, 5.41) is 18.0. The summed E-state index contributed by atoms with van der Waals surface area (Å²) in [7, 11) is 0. The van der Waals surface area contributed by atoms with Gasteiger partial charge in [-0.1, -0.05) is 26.7 Å². The quantitative estimate of drug-likeness (QED) is 0.773. The van der Waals surface area contributed by atoms with Crippen molar-refractivity contribution < 1.29 is 19.8 Å². The van der Waals surface area contributed by atoms with Gasteiger partial charge < -0.3 is 10.2 Å². The predicted molar refractivity (Wildman–Crippen MR) is 59.0 cm³/mol. The second-order valence-corrected chi connectivity index (χ2v) is 4.87. The third-order valence-electron chi connectivity index (χ3n) is 3.94. The van der Waals surface area contributed by atoms with Crippen molar-refractivity contribution in [2.45, 2.75) is 39.5 Å². The van der Waals surface area contributed by atoms with Crippen molar-refractivity contribution in [1.82, 2.24) is 0 Å². The van der Waals surface area contributed by atoms with Crippen LogP contribution in [0.3, 0.4) is 0 Å². The Kier molecular flexibility index (Phi) is 4.33. The Balaban J connectivity index is 2.78. The van der Waals surface area contributed by atoms with Crippen LogP contribution in [-0.2, 0) is 9.59 Å². The fourth-order valence-corrected chi connectivity index (χ4v) is 2.80. The van der Waals surface area contributed by atoms with E-state index < -0.39 is 23.8 Å². The highest BCUT2D eigenvalue weighted by Gasteiger charge is 2.38. The van der Waals surface area contributed by atoms with Gasteiger partial charge in [-0.2, -0.15) is 0 Å². The second kappa shape index (κ2) is 5.32. The molecule has 4 heteroatoms. The predicted octanol–water partition coefficient (Wildman–Crippen LogP) is 2.23. The Hall–Kier alpha value is -1.06. The third kappa shape index (κ3) is 2.74. The molecule has 1 aliphatic carbocycles. The molecule has 0 bridgehead atoms. The largest absolute Gasteiger partial charge is 0.481 e. The van der Waals surface area contributed by atoms with Gasteiger partial charge in [0.25, 0.3) is 0 Å². The molecule has 0 heterocycles. The lowest BCUT2D eigenvalue weighted by molar-refractivity contribution is -0.149. The van der Waals surface area contributed by atoms with Crippen LogP contribution in [-0.4, -0.2) is 22.2 Å². The van der Waals surface area contributed by atoms with E-state index in [1.807, 2.05) is 0 Å². The normalized spacial score (nSPS) is 29.4. The van der Waals surface area contributed by atoms with E-state index >= 15 is 0 Å². The molecule has 4 unspecified atom stereocenters. The number of hydrogen-bond acceptors (Lipinski definition) is 2. The molecule has 0 radical (unpaired) electrons. The first-order chi connectivity index (χ1) is 7.45. The summed E-state index contributed by atoms with van der Waals surface area (Å²) in [6.07, 6.45) is 3.72. The molecule has 0 aromatic carbocycles. The Morgan fingerprint density at radius 2 is 1.25 bits per heavy atom. The molecule has 16 heavy (non-hydrogen) atoms. The van der Waals surface area contributed by atoms with Gasteiger partial charge in [0.15, 0.2) is 0 Å². The SMILES string of the molecule is CC(C(=O)O)C1CCCCC1C(C)C(=O)O. The van der Waals surface area contributed by atoms with Gasteiger partial charge in [0, 0.05) is 0 Å².